The van der Waals surface area contributed by atoms with Crippen molar-refractivity contribution in [3.63, 3.8) is 0 Å². The molecule has 0 aliphatic rings. The van der Waals surface area contributed by atoms with Gasteiger partial charge in [-0.15, -0.1) is 0 Å². The van der Waals surface area contributed by atoms with Gasteiger partial charge in [0, 0.05) is 19.3 Å². The molecule has 5 nitrogen and oxygen atoms in total. The second kappa shape index (κ2) is 3.59. The van der Waals surface area contributed by atoms with Crippen LogP contribution in [0.2, 0.25) is 0 Å². The largest absolute Gasteiger partial charge is 0.331 e. The van der Waals surface area contributed by atoms with E-state index < -0.39 is 0 Å². The lowest BCUT2D eigenvalue weighted by molar-refractivity contribution is 0.532. The predicted molar refractivity (Wildman–Crippen MR) is 61.6 cm³/mol. The molecule has 0 fully saturated rings. The molecule has 0 spiro atoms. The highest BCUT2D eigenvalue weighted by atomic mass is 16.2. The van der Waals surface area contributed by atoms with Gasteiger partial charge in [0.15, 0.2) is 0 Å². The Labute approximate surface area is 92.0 Å². The Bertz CT molecular complexity index is 652. The fourth-order valence-electron chi connectivity index (χ4n) is 1.77. The van der Waals surface area contributed by atoms with Crippen molar-refractivity contribution in [2.45, 2.75) is 19.9 Å². The van der Waals surface area contributed by atoms with Crippen molar-refractivity contribution in [3.8, 4) is 0 Å². The van der Waals surface area contributed by atoms with Crippen molar-refractivity contribution in [2.75, 3.05) is 0 Å². The summed E-state index contributed by atoms with van der Waals surface area (Å²) >= 11 is 0. The van der Waals surface area contributed by atoms with E-state index in [9.17, 15) is 9.59 Å². The molecule has 0 saturated carbocycles. The van der Waals surface area contributed by atoms with Crippen molar-refractivity contribution in [1.82, 2.24) is 14.1 Å². The Morgan fingerprint density at radius 3 is 2.62 bits per heavy atom. The van der Waals surface area contributed by atoms with Gasteiger partial charge in [-0.25, -0.2) is 4.79 Å². The summed E-state index contributed by atoms with van der Waals surface area (Å²) in [5, 5.41) is 0.519. The third-order valence-corrected chi connectivity index (χ3v) is 2.62. The van der Waals surface area contributed by atoms with Crippen molar-refractivity contribution >= 4 is 10.9 Å². The number of aryl methyl sites for hydroxylation is 1. The van der Waals surface area contributed by atoms with Gasteiger partial charge in [-0.2, -0.15) is 0 Å². The molecule has 0 aliphatic carbocycles. The lowest BCUT2D eigenvalue weighted by Crippen LogP contribution is -2.40. The van der Waals surface area contributed by atoms with Crippen LogP contribution < -0.4 is 11.2 Å². The molecular formula is C11H13N3O2. The Hall–Kier alpha value is -1.91. The standard InChI is InChI=1S/C11H13N3O2/c1-7(2)14-10(15)8-4-5-12-6-9(8)13(3)11(14)16/h4-7H,1-3H3. The minimum Gasteiger partial charge on any atom is -0.295 e. The van der Waals surface area contributed by atoms with Gasteiger partial charge in [0.05, 0.1) is 17.1 Å². The molecule has 0 atom stereocenters. The van der Waals surface area contributed by atoms with Gasteiger partial charge in [0.25, 0.3) is 5.56 Å². The second-order valence-electron chi connectivity index (χ2n) is 4.00. The first kappa shape index (κ1) is 10.6. The van der Waals surface area contributed by atoms with E-state index in [0.29, 0.717) is 10.9 Å². The first-order chi connectivity index (χ1) is 7.54. The topological polar surface area (TPSA) is 56.9 Å². The summed E-state index contributed by atoms with van der Waals surface area (Å²) in [6.07, 6.45) is 3.08. The van der Waals surface area contributed by atoms with Crippen LogP contribution in [-0.2, 0) is 7.05 Å². The quantitative estimate of drug-likeness (QED) is 0.708. The maximum atomic E-state index is 12.1. The van der Waals surface area contributed by atoms with Crippen LogP contribution in [0.25, 0.3) is 10.9 Å². The zero-order valence-electron chi connectivity index (χ0n) is 9.47. The van der Waals surface area contributed by atoms with Gasteiger partial charge >= 0.3 is 5.69 Å². The SMILES string of the molecule is CC(C)n1c(=O)c2ccncc2n(C)c1=O. The van der Waals surface area contributed by atoms with E-state index in [1.165, 1.54) is 15.3 Å². The molecule has 0 aliphatic heterocycles. The number of nitrogens with zero attached hydrogens (tertiary/aromatic N) is 3. The fourth-order valence-corrected chi connectivity index (χ4v) is 1.77. The highest BCUT2D eigenvalue weighted by molar-refractivity contribution is 5.76. The smallest absolute Gasteiger partial charge is 0.295 e. The van der Waals surface area contributed by atoms with Gasteiger partial charge < -0.3 is 0 Å². The highest BCUT2D eigenvalue weighted by Crippen LogP contribution is 2.05. The average molecular weight is 219 g/mol. The summed E-state index contributed by atoms with van der Waals surface area (Å²) in [6, 6.07) is 1.49. The third kappa shape index (κ3) is 1.36. The molecule has 0 amide bonds. The molecule has 0 unspecified atom stereocenters. The minimum atomic E-state index is -0.305. The van der Waals surface area contributed by atoms with E-state index in [1.807, 2.05) is 13.8 Å². The van der Waals surface area contributed by atoms with Crippen LogP contribution in [0.1, 0.15) is 19.9 Å². The number of hydrogen-bond donors (Lipinski definition) is 0. The lowest BCUT2D eigenvalue weighted by Gasteiger charge is -2.12. The molecule has 5 heteroatoms. The van der Waals surface area contributed by atoms with Crippen LogP contribution in [0.4, 0.5) is 0 Å². The van der Waals surface area contributed by atoms with Gasteiger partial charge in [-0.3, -0.25) is 18.9 Å². The molecule has 16 heavy (non-hydrogen) atoms. The van der Waals surface area contributed by atoms with E-state index in [-0.39, 0.29) is 17.3 Å². The van der Waals surface area contributed by atoms with Gasteiger partial charge in [-0.05, 0) is 19.9 Å². The molecule has 84 valence electrons. The molecule has 0 N–H and O–H groups in total. The van der Waals surface area contributed by atoms with Crippen molar-refractivity contribution in [1.29, 1.82) is 0 Å². The van der Waals surface area contributed by atoms with E-state index in [1.54, 1.807) is 19.3 Å². The number of pyridine rings is 1. The summed E-state index contributed by atoms with van der Waals surface area (Å²) in [7, 11) is 1.64. The summed E-state index contributed by atoms with van der Waals surface area (Å²) in [6.45, 7) is 3.63. The van der Waals surface area contributed by atoms with Crippen LogP contribution >= 0.6 is 0 Å². The van der Waals surface area contributed by atoms with Crippen LogP contribution in [-0.4, -0.2) is 14.1 Å². The molecule has 2 heterocycles. The molecule has 0 saturated heterocycles. The second-order valence-corrected chi connectivity index (χ2v) is 4.00. The summed E-state index contributed by atoms with van der Waals surface area (Å²) in [4.78, 5) is 27.9. The molecule has 2 aromatic rings. The van der Waals surface area contributed by atoms with Crippen LogP contribution in [0.15, 0.2) is 28.0 Å². The molecule has 0 bridgehead atoms. The predicted octanol–water partition coefficient (Wildman–Crippen LogP) is 0.676. The van der Waals surface area contributed by atoms with Crippen LogP contribution in [0.5, 0.6) is 0 Å². The van der Waals surface area contributed by atoms with Gasteiger partial charge in [0.1, 0.15) is 0 Å². The first-order valence-electron chi connectivity index (χ1n) is 5.09. The Kier molecular flexibility index (Phi) is 2.38. The van der Waals surface area contributed by atoms with E-state index in [4.69, 9.17) is 0 Å². The zero-order valence-corrected chi connectivity index (χ0v) is 9.47. The monoisotopic (exact) mass is 219 g/mol. The van der Waals surface area contributed by atoms with Crippen LogP contribution in [0, 0.1) is 0 Å². The first-order valence-corrected chi connectivity index (χ1v) is 5.09. The number of fused-ring (bicyclic) bond motifs is 1. The molecule has 0 aromatic carbocycles. The van der Waals surface area contributed by atoms with E-state index in [0.717, 1.165) is 0 Å². The minimum absolute atomic E-state index is 0.149. The Morgan fingerprint density at radius 2 is 2.00 bits per heavy atom. The normalized spacial score (nSPS) is 11.2. The maximum absolute atomic E-state index is 12.1. The van der Waals surface area contributed by atoms with Gasteiger partial charge in [-0.1, -0.05) is 0 Å². The zero-order chi connectivity index (χ0) is 11.9. The number of rotatable bonds is 1. The van der Waals surface area contributed by atoms with Crippen LogP contribution in [0.3, 0.4) is 0 Å². The summed E-state index contributed by atoms with van der Waals surface area (Å²) in [5.74, 6) is 0. The van der Waals surface area contributed by atoms with Gasteiger partial charge in [0.2, 0.25) is 0 Å². The molecule has 0 radical (unpaired) electrons. The Balaban J connectivity index is 3.07. The Morgan fingerprint density at radius 1 is 1.31 bits per heavy atom. The van der Waals surface area contributed by atoms with Crippen molar-refractivity contribution < 1.29 is 0 Å². The van der Waals surface area contributed by atoms with E-state index >= 15 is 0 Å². The lowest BCUT2D eigenvalue weighted by atomic mass is 10.3. The maximum Gasteiger partial charge on any atom is 0.331 e. The van der Waals surface area contributed by atoms with Crippen molar-refractivity contribution in [2.24, 2.45) is 7.05 Å². The number of aromatic nitrogens is 3. The van der Waals surface area contributed by atoms with E-state index in [2.05, 4.69) is 4.98 Å². The molecular weight excluding hydrogens is 206 g/mol. The third-order valence-electron chi connectivity index (χ3n) is 2.62. The molecule has 2 rings (SSSR count). The number of hydrogen-bond acceptors (Lipinski definition) is 3. The highest BCUT2D eigenvalue weighted by Gasteiger charge is 2.12. The summed E-state index contributed by atoms with van der Waals surface area (Å²) in [5.41, 5.74) is 0.00500. The summed E-state index contributed by atoms with van der Waals surface area (Å²) < 4.78 is 2.70. The average Bonchev–Trinajstić information content (AvgIpc) is 2.26. The fraction of sp³-hybridized carbons (Fsp3) is 0.364. The van der Waals surface area contributed by atoms with Crippen molar-refractivity contribution in [3.05, 3.63) is 39.3 Å². The molecule has 2 aromatic heterocycles.